The van der Waals surface area contributed by atoms with Crippen molar-refractivity contribution in [3.63, 3.8) is 0 Å². The van der Waals surface area contributed by atoms with Gasteiger partial charge in [0.15, 0.2) is 23.3 Å². The third kappa shape index (κ3) is 32.1. The molecule has 53 heteroatoms. The maximum atomic E-state index is 12.2. The minimum atomic E-state index is -0.924. The van der Waals surface area contributed by atoms with E-state index < -0.39 is 43.8 Å². The first kappa shape index (κ1) is 115. The number of primary amides is 4. The second-order valence-corrected chi connectivity index (χ2v) is 38.0. The molecule has 143 heavy (non-hydrogen) atoms. The number of anilines is 7. The largest absolute Gasteiger partial charge is 1.00 e. The van der Waals surface area contributed by atoms with Crippen molar-refractivity contribution >= 4 is 169 Å². The molecule has 8 aliphatic heterocycles. The number of rotatable bonds is 24. The van der Waals surface area contributed by atoms with Crippen LogP contribution in [0.3, 0.4) is 0 Å². The van der Waals surface area contributed by atoms with Crippen molar-refractivity contribution in [2.45, 2.75) is 117 Å². The molecular weight excluding hydrogens is 1990 g/mol. The number of methoxy groups -OCH3 is 3. The topological polar surface area (TPSA) is 631 Å². The Hall–Kier alpha value is -11.2. The van der Waals surface area contributed by atoms with Gasteiger partial charge >= 0.3 is 83.4 Å². The van der Waals surface area contributed by atoms with E-state index in [4.69, 9.17) is 105 Å². The number of hydrogen-bond donors (Lipinski definition) is 10. The molecule has 750 valence electrons. The van der Waals surface area contributed by atoms with Crippen LogP contribution in [0.4, 0.5) is 40.3 Å². The van der Waals surface area contributed by atoms with Gasteiger partial charge in [0.1, 0.15) is 28.0 Å². The Morgan fingerprint density at radius 3 is 1.17 bits per heavy atom. The number of nitrogens with two attached hydrogens (primary N) is 5. The predicted molar refractivity (Wildman–Crippen MR) is 527 cm³/mol. The smallest absolute Gasteiger partial charge is 1.00 e. The van der Waals surface area contributed by atoms with Crippen LogP contribution in [0.2, 0.25) is 0 Å². The van der Waals surface area contributed by atoms with Gasteiger partial charge in [-0.3, -0.25) is 52.3 Å². The van der Waals surface area contributed by atoms with Gasteiger partial charge in [-0.2, -0.15) is 41.4 Å². The Morgan fingerprint density at radius 1 is 0.476 bits per heavy atom. The standard InChI is InChI=1S/C24H30BN5O6.C19H20BrN5O4.C18H20BN5O4.C10H20B2O4.C10H13N5O2.C9H9BBrO4.B.Na.H/c1-24(2)13-35-25(36-14-24)19-5-4-17(8-16(19)9-21(31)33-3)28-23-18(22(27)32)11-30(29-23)20-12-34-7-6-15(20)10-26;1-28-17(26)7-12-6-13(2-3-15(12)20)23-19-14(18(22)27)9-25(24-19)16-10-29-5-4-11(16)8-21;20-8-12-3-5-27-10-16(12)24-9-14(17(21)25)18(23-24)22-13-1-2-15-11(7-13)4-6-28-19(15)26;1-9(2)5-13-11(14-6-9)12-15-7-10(3,4)8-16-12;11-3-6-1-2-17-5-8(6)15-4-7(10(13)16)9(12)14-15;1-14-9(12)5-6-4-7(15-10-13)2-3-8(6)11;;;/h4-5,8,11,15,20H,6-7,9,12-14H2,1-3H3,(H2,27,32)(H,28,29);2-3,6,9,11,16H,4-5,7,10H2,1H3,(H2,22,27)(H,23,24);1-2,7,9,12,16,26H,3-6,10H2,(H2,21,25)(H,22,23);5-8H2,1-4H3;4,6,8H,1-2,5H2,(H2,12,14)(H2,13,16);2-4,13H,5H2,1H3;;;/q;;;;;;;+1;-1/t15-,20?;11-,16?;12-,16?;;6-,8?;;;;/m111.1..../s1. The Labute approximate surface area is 871 Å². The van der Waals surface area contributed by atoms with Crippen molar-refractivity contribution in [2.24, 2.45) is 62.9 Å². The Kier molecular flexibility index (Phi) is 43.7. The number of aromatic nitrogens is 8. The first-order chi connectivity index (χ1) is 67.4. The van der Waals surface area contributed by atoms with E-state index in [0.29, 0.717) is 173 Å². The number of ether oxygens (including phenoxy) is 7. The number of nitrogen functional groups attached to an aromatic ring is 1. The molecule has 7 saturated heterocycles. The van der Waals surface area contributed by atoms with Gasteiger partial charge in [-0.25, -0.2) is 0 Å². The molecule has 4 aromatic heterocycles. The van der Waals surface area contributed by atoms with Crippen molar-refractivity contribution in [1.82, 2.24) is 39.1 Å². The van der Waals surface area contributed by atoms with Crippen molar-refractivity contribution in [2.75, 3.05) is 142 Å². The molecule has 8 atom stereocenters. The maximum Gasteiger partial charge on any atom is 1.00 e. The summed E-state index contributed by atoms with van der Waals surface area (Å²) in [4.78, 5) is 81.9. The summed E-state index contributed by atoms with van der Waals surface area (Å²) in [5.41, 5.74) is 34.7. The Morgan fingerprint density at radius 2 is 0.804 bits per heavy atom. The average molecular weight is 2110 g/mol. The number of carbonyl (C=O) groups is 7. The van der Waals surface area contributed by atoms with Crippen molar-refractivity contribution < 1.29 is 145 Å². The van der Waals surface area contributed by atoms with Crippen molar-refractivity contribution in [3.8, 4) is 30.0 Å². The van der Waals surface area contributed by atoms with Crippen LogP contribution in [0.25, 0.3) is 0 Å². The van der Waals surface area contributed by atoms with Crippen LogP contribution in [0.5, 0.6) is 5.75 Å². The first-order valence-electron chi connectivity index (χ1n) is 45.0. The fraction of sp³-hybridized carbons (Fsp3) is 0.478. The summed E-state index contributed by atoms with van der Waals surface area (Å²) in [6, 6.07) is 29.1. The van der Waals surface area contributed by atoms with Gasteiger partial charge in [-0.1, -0.05) is 85.5 Å². The van der Waals surface area contributed by atoms with Gasteiger partial charge in [-0.05, 0) is 126 Å². The molecule has 4 aromatic carbocycles. The molecule has 4 unspecified atom stereocenters. The van der Waals surface area contributed by atoms with Gasteiger partial charge in [0.05, 0.1) is 139 Å². The summed E-state index contributed by atoms with van der Waals surface area (Å²) in [7, 11) is 2.30. The monoisotopic (exact) mass is 2100 g/mol. The number of nitriles is 4. The van der Waals surface area contributed by atoms with Crippen LogP contribution in [0, 0.1) is 85.2 Å². The van der Waals surface area contributed by atoms with Crippen LogP contribution >= 0.6 is 31.9 Å². The van der Waals surface area contributed by atoms with Gasteiger partial charge in [0, 0.05) is 148 Å². The Bertz CT molecular complexity index is 5870. The number of nitrogens with zero attached hydrogens (tertiary/aromatic N) is 12. The first-order valence-corrected chi connectivity index (χ1v) is 46.6. The van der Waals surface area contributed by atoms with Crippen molar-refractivity contribution in [3.05, 3.63) is 151 Å². The number of hydrogen-bond acceptors (Lipinski definition) is 36. The molecule has 12 heterocycles. The fourth-order valence-electron chi connectivity index (χ4n) is 15.7. The normalized spacial score (nSPS) is 20.6. The number of carbonyl (C=O) groups excluding carboxylic acids is 7. The molecule has 7 fully saturated rings. The SMILES string of the molecule is CC1(C)COB(B2OCC(C)(C)CO2)OC1.COC(=O)Cc1cc(Nc2nn(C3COCC[C@@H]3C#N)cc2C(N)=O)ccc1B1OCC(C)(C)CO1.COC(=O)Cc1cc(Nc2nn(C3COCC[C@@H]3C#N)cc2C(N)=O)ccc1Br.COC(=O)Cc1cc(O[B]O)ccc1Br.N#C[C@H]1CCOCC1n1cc(C(N)=O)c(N)n1.N#C[C@H]1CCOCC1n1cc(C(N)=O)c(Nc2ccc3c(c2)CCOB3O)n1.[B].[H-].[Na+]. The zero-order valence-electron chi connectivity index (χ0n) is 82.0. The number of nitrogens with one attached hydrogen (secondary N) is 3. The molecule has 16 rings (SSSR count). The van der Waals surface area contributed by atoms with Gasteiger partial charge in [0.25, 0.3) is 23.6 Å². The number of amides is 4. The zero-order chi connectivity index (χ0) is 102. The quantitative estimate of drug-likeness (QED) is 0.0236. The molecule has 4 radical (unpaired) electrons. The fourth-order valence-corrected chi connectivity index (χ4v) is 16.5. The van der Waals surface area contributed by atoms with E-state index in [1.807, 2.05) is 12.1 Å². The summed E-state index contributed by atoms with van der Waals surface area (Å²) < 4.78 is 88.1. The molecular formula is C90H113B6Br2N20NaO24. The zero-order valence-corrected chi connectivity index (χ0v) is 86.1. The minimum Gasteiger partial charge on any atom is -1.00 e. The van der Waals surface area contributed by atoms with Crippen LogP contribution in [-0.4, -0.2) is 255 Å². The molecule has 0 aliphatic carbocycles. The molecule has 4 amide bonds. The predicted octanol–water partition coefficient (Wildman–Crippen LogP) is 2.36. The maximum absolute atomic E-state index is 12.2. The van der Waals surface area contributed by atoms with E-state index in [-0.39, 0.29) is 188 Å². The Balaban J connectivity index is 0.000000216. The van der Waals surface area contributed by atoms with Gasteiger partial charge < -0.3 is 126 Å². The third-order valence-electron chi connectivity index (χ3n) is 23.6. The number of halogens is 2. The van der Waals surface area contributed by atoms with E-state index in [9.17, 15) is 54.4 Å². The van der Waals surface area contributed by atoms with Crippen LogP contribution in [0.15, 0.2) is 107 Å². The van der Waals surface area contributed by atoms with Crippen LogP contribution in [-0.2, 0) is 106 Å². The van der Waals surface area contributed by atoms with E-state index in [2.05, 4.69) is 139 Å². The van der Waals surface area contributed by atoms with Crippen LogP contribution in [0.1, 0.15) is 157 Å². The molecule has 8 aromatic rings. The summed E-state index contributed by atoms with van der Waals surface area (Å²) >= 11 is 6.71. The van der Waals surface area contributed by atoms with Crippen LogP contribution < -0.4 is 89.8 Å². The molecule has 0 spiro atoms. The average Bonchev–Trinajstić information content (AvgIpc) is 1.54. The summed E-state index contributed by atoms with van der Waals surface area (Å²) in [5.74, 6) is -3.27. The third-order valence-corrected chi connectivity index (χ3v) is 25.1. The number of benzene rings is 4. The van der Waals surface area contributed by atoms with Gasteiger partial charge in [-0.15, -0.1) is 0 Å². The molecule has 0 saturated carbocycles. The van der Waals surface area contributed by atoms with E-state index in [1.54, 1.807) is 80.9 Å². The van der Waals surface area contributed by atoms with E-state index in [1.165, 1.54) is 44.6 Å². The van der Waals surface area contributed by atoms with E-state index >= 15 is 0 Å². The van der Waals surface area contributed by atoms with Gasteiger partial charge in [0.2, 0.25) is 0 Å². The summed E-state index contributed by atoms with van der Waals surface area (Å²) in [5, 5.41) is 82.5. The second-order valence-electron chi connectivity index (χ2n) is 36.3. The molecule has 44 nitrogen and oxygen atoms in total. The second kappa shape index (κ2) is 54.1. The summed E-state index contributed by atoms with van der Waals surface area (Å²) in [6.07, 6.45) is 9.47. The van der Waals surface area contributed by atoms with Crippen molar-refractivity contribution in [1.29, 1.82) is 21.0 Å². The molecule has 0 bridgehead atoms. The number of fused-ring (bicyclic) bond motifs is 1. The minimum absolute atomic E-state index is 0. The molecule has 8 aliphatic rings. The molecule has 15 N–H and O–H groups in total. The number of esters is 3. The summed E-state index contributed by atoms with van der Waals surface area (Å²) in [6.45, 7) is 20.3. The van der Waals surface area contributed by atoms with E-state index in [0.717, 1.165) is 36.7 Å².